The third-order valence-corrected chi connectivity index (χ3v) is 10.4. The summed E-state index contributed by atoms with van der Waals surface area (Å²) in [4.78, 5) is 58.6. The van der Waals surface area contributed by atoms with E-state index in [-0.39, 0.29) is 40.5 Å². The van der Waals surface area contributed by atoms with Crippen molar-refractivity contribution in [2.45, 2.75) is 25.7 Å². The zero-order valence-electron chi connectivity index (χ0n) is 23.9. The van der Waals surface area contributed by atoms with Crippen molar-refractivity contribution in [1.82, 2.24) is 0 Å². The van der Waals surface area contributed by atoms with Crippen LogP contribution < -0.4 is 15.3 Å². The van der Waals surface area contributed by atoms with Gasteiger partial charge in [-0.2, -0.15) is 0 Å². The van der Waals surface area contributed by atoms with Crippen molar-refractivity contribution in [3.05, 3.63) is 94.8 Å². The van der Waals surface area contributed by atoms with Gasteiger partial charge in [-0.15, -0.1) is 0 Å². The molecule has 2 heterocycles. The monoisotopic (exact) mass is 628 g/mol. The molecule has 4 amide bonds. The highest BCUT2D eigenvalue weighted by atomic mass is 35.5. The summed E-state index contributed by atoms with van der Waals surface area (Å²) in [6.45, 7) is 1.73. The number of carbonyl (C=O) groups excluding carboxylic acids is 4. The van der Waals surface area contributed by atoms with Crippen molar-refractivity contribution in [2.24, 2.45) is 29.1 Å². The Hall–Kier alpha value is -4.32. The Morgan fingerprint density at radius 3 is 2.29 bits per heavy atom. The van der Waals surface area contributed by atoms with E-state index in [9.17, 15) is 38.7 Å². The number of phenolic OH excluding ortho intramolecular Hbond substituents is 1. The number of hydrogen-bond donors (Lipinski definition) is 3. The Labute approximate surface area is 262 Å². The average molecular weight is 629 g/mol. The standard InChI is InChI=1S/C33H27BClFN2O7/c1-33-24(30(41)38(32(33)43)19-7-12-26(36)25(35)14-19)15-23-21(28(33)16-5-8-20(39)9-6-16)10-11-22-27(23)31(42)37(29(22)40)18-4-2-3-17(13-18)34(44)45/h2-10,12-14,22-24,27-28,39,44-45H,11,15H2,1H3/t22-,23+,24-,27-,28-,33+/m0/s1. The minimum Gasteiger partial charge on any atom is -0.508 e. The molecule has 4 aliphatic rings. The zero-order valence-corrected chi connectivity index (χ0v) is 24.7. The van der Waals surface area contributed by atoms with Crippen molar-refractivity contribution < 1.29 is 38.7 Å². The summed E-state index contributed by atoms with van der Waals surface area (Å²) in [6.07, 6.45) is 2.26. The lowest BCUT2D eigenvalue weighted by Crippen LogP contribution is -2.48. The van der Waals surface area contributed by atoms with E-state index < -0.39 is 71.6 Å². The molecule has 12 heteroatoms. The maximum absolute atomic E-state index is 14.4. The van der Waals surface area contributed by atoms with Crippen LogP contribution in [0.4, 0.5) is 15.8 Å². The van der Waals surface area contributed by atoms with Gasteiger partial charge in [-0.05, 0) is 79.2 Å². The summed E-state index contributed by atoms with van der Waals surface area (Å²) < 4.78 is 14.0. The molecule has 2 saturated heterocycles. The van der Waals surface area contributed by atoms with E-state index in [1.54, 1.807) is 25.1 Å². The van der Waals surface area contributed by atoms with Gasteiger partial charge in [0.05, 0.1) is 39.6 Å². The molecule has 3 aromatic carbocycles. The molecular weight excluding hydrogens is 602 g/mol. The normalized spacial score (nSPS) is 29.0. The first-order valence-corrected chi connectivity index (χ1v) is 15.0. The summed E-state index contributed by atoms with van der Waals surface area (Å²) in [5.41, 5.74) is 0.598. The van der Waals surface area contributed by atoms with E-state index in [4.69, 9.17) is 11.6 Å². The second-order valence-corrected chi connectivity index (χ2v) is 12.7. The van der Waals surface area contributed by atoms with Gasteiger partial charge in [-0.1, -0.05) is 47.5 Å². The molecule has 228 valence electrons. The molecule has 9 nitrogen and oxygen atoms in total. The summed E-state index contributed by atoms with van der Waals surface area (Å²) in [5.74, 6) is -6.22. The van der Waals surface area contributed by atoms with Gasteiger partial charge in [-0.3, -0.25) is 24.1 Å². The number of halogens is 2. The van der Waals surface area contributed by atoms with E-state index in [1.165, 1.54) is 42.5 Å². The molecule has 0 aromatic heterocycles. The van der Waals surface area contributed by atoms with Crippen LogP contribution in [0, 0.1) is 34.9 Å². The number of imide groups is 2. The maximum Gasteiger partial charge on any atom is 0.488 e. The number of nitrogens with zero attached hydrogens (tertiary/aromatic N) is 2. The number of benzene rings is 3. The number of fused-ring (bicyclic) bond motifs is 4. The van der Waals surface area contributed by atoms with Gasteiger partial charge in [0, 0.05) is 5.92 Å². The SMILES string of the molecule is C[C@@]12C(=O)N(c3ccc(F)c(Cl)c3)C(=O)[C@@H]1C[C@@H]1C(=CC[C@@H]3C(=O)N(c4cccc(B(O)O)c4)C(=O)[C@@H]31)[C@@H]2c1ccc(O)cc1. The number of carbonyl (C=O) groups is 4. The topological polar surface area (TPSA) is 135 Å². The Bertz CT molecular complexity index is 1830. The molecule has 0 spiro atoms. The predicted molar refractivity (Wildman–Crippen MR) is 163 cm³/mol. The van der Waals surface area contributed by atoms with E-state index in [0.717, 1.165) is 21.4 Å². The minimum absolute atomic E-state index is 0.0179. The van der Waals surface area contributed by atoms with Crippen LogP contribution in [0.1, 0.15) is 31.2 Å². The van der Waals surface area contributed by atoms with Crippen molar-refractivity contribution in [3.63, 3.8) is 0 Å². The van der Waals surface area contributed by atoms with Crippen molar-refractivity contribution in [2.75, 3.05) is 9.80 Å². The number of phenols is 1. The van der Waals surface area contributed by atoms with Crippen molar-refractivity contribution >= 4 is 59.2 Å². The van der Waals surface area contributed by atoms with Gasteiger partial charge in [0.2, 0.25) is 23.6 Å². The number of allylic oxidation sites excluding steroid dienone is 2. The molecule has 2 aliphatic heterocycles. The molecule has 0 radical (unpaired) electrons. The Balaban J connectivity index is 1.34. The van der Waals surface area contributed by atoms with Crippen LogP contribution in [0.25, 0.3) is 0 Å². The van der Waals surface area contributed by atoms with Gasteiger partial charge in [0.1, 0.15) is 11.6 Å². The fourth-order valence-electron chi connectivity index (χ4n) is 8.01. The third kappa shape index (κ3) is 4.21. The molecule has 7 rings (SSSR count). The van der Waals surface area contributed by atoms with Crippen LogP contribution in [-0.4, -0.2) is 45.9 Å². The zero-order chi connectivity index (χ0) is 31.9. The molecule has 0 unspecified atom stereocenters. The smallest absolute Gasteiger partial charge is 0.488 e. The van der Waals surface area contributed by atoms with Gasteiger partial charge < -0.3 is 15.2 Å². The van der Waals surface area contributed by atoms with Gasteiger partial charge >= 0.3 is 7.12 Å². The molecule has 3 aromatic rings. The Kier molecular flexibility index (Phi) is 6.77. The van der Waals surface area contributed by atoms with Crippen molar-refractivity contribution in [1.29, 1.82) is 0 Å². The molecule has 0 bridgehead atoms. The lowest BCUT2D eigenvalue weighted by Gasteiger charge is -2.49. The average Bonchev–Trinajstić information content (AvgIpc) is 3.38. The summed E-state index contributed by atoms with van der Waals surface area (Å²) in [7, 11) is -1.79. The lowest BCUT2D eigenvalue weighted by molar-refractivity contribution is -0.131. The molecule has 1 saturated carbocycles. The van der Waals surface area contributed by atoms with Crippen LogP contribution in [-0.2, 0) is 19.2 Å². The molecular formula is C33H27BClFN2O7. The minimum atomic E-state index is -1.79. The maximum atomic E-state index is 14.4. The largest absolute Gasteiger partial charge is 0.508 e. The van der Waals surface area contributed by atoms with Crippen LogP contribution in [0.5, 0.6) is 5.75 Å². The third-order valence-electron chi connectivity index (χ3n) is 10.1. The fraction of sp³-hybridized carbons (Fsp3) is 0.273. The van der Waals surface area contributed by atoms with Crippen LogP contribution in [0.15, 0.2) is 78.4 Å². The summed E-state index contributed by atoms with van der Waals surface area (Å²) in [5, 5.41) is 29.2. The van der Waals surface area contributed by atoms with E-state index in [0.29, 0.717) is 5.56 Å². The van der Waals surface area contributed by atoms with Crippen molar-refractivity contribution in [3.8, 4) is 5.75 Å². The van der Waals surface area contributed by atoms with Crippen LogP contribution in [0.2, 0.25) is 5.02 Å². The van der Waals surface area contributed by atoms with E-state index in [2.05, 4.69) is 0 Å². The quantitative estimate of drug-likeness (QED) is 0.229. The van der Waals surface area contributed by atoms with Gasteiger partial charge in [0.25, 0.3) is 0 Å². The molecule has 3 fully saturated rings. The highest BCUT2D eigenvalue weighted by Gasteiger charge is 2.67. The fourth-order valence-corrected chi connectivity index (χ4v) is 8.19. The predicted octanol–water partition coefficient (Wildman–Crippen LogP) is 3.30. The number of rotatable bonds is 4. The number of anilines is 2. The second kappa shape index (κ2) is 10.4. The summed E-state index contributed by atoms with van der Waals surface area (Å²) >= 11 is 6.04. The van der Waals surface area contributed by atoms with E-state index in [1.807, 2.05) is 6.08 Å². The van der Waals surface area contributed by atoms with E-state index >= 15 is 0 Å². The molecule has 3 N–H and O–H groups in total. The molecule has 2 aliphatic carbocycles. The van der Waals surface area contributed by atoms with Crippen LogP contribution >= 0.6 is 11.6 Å². The molecule has 45 heavy (non-hydrogen) atoms. The first-order chi connectivity index (χ1) is 21.4. The highest BCUT2D eigenvalue weighted by Crippen LogP contribution is 2.63. The van der Waals surface area contributed by atoms with Gasteiger partial charge in [0.15, 0.2) is 0 Å². The first kappa shape index (κ1) is 29.4. The lowest BCUT2D eigenvalue weighted by atomic mass is 9.51. The van der Waals surface area contributed by atoms with Crippen LogP contribution in [0.3, 0.4) is 0 Å². The number of aromatic hydroxyl groups is 1. The first-order valence-electron chi connectivity index (χ1n) is 14.6. The number of hydrogen-bond acceptors (Lipinski definition) is 7. The summed E-state index contributed by atoms with van der Waals surface area (Å²) in [6, 6.07) is 16.0. The second-order valence-electron chi connectivity index (χ2n) is 12.3. The highest BCUT2D eigenvalue weighted by molar-refractivity contribution is 6.58. The molecule has 6 atom stereocenters. The number of amides is 4. The Morgan fingerprint density at radius 2 is 1.60 bits per heavy atom. The van der Waals surface area contributed by atoms with Gasteiger partial charge in [-0.25, -0.2) is 9.29 Å². The Morgan fingerprint density at radius 1 is 0.889 bits per heavy atom.